The molecule has 0 aromatic carbocycles. The van der Waals surface area contributed by atoms with Crippen LogP contribution in [0, 0.1) is 0 Å². The van der Waals surface area contributed by atoms with Gasteiger partial charge in [-0.05, 0) is 13.8 Å². The van der Waals surface area contributed by atoms with Crippen molar-refractivity contribution in [2.45, 2.75) is 32.2 Å². The number of hydrogen-bond donors (Lipinski definition) is 5. The summed E-state index contributed by atoms with van der Waals surface area (Å²) in [5.41, 5.74) is 0. The Morgan fingerprint density at radius 1 is 0.889 bits per heavy atom. The van der Waals surface area contributed by atoms with Crippen LogP contribution >= 0.6 is 0 Å². The van der Waals surface area contributed by atoms with Crippen LogP contribution in [0.25, 0.3) is 0 Å². The van der Waals surface area contributed by atoms with Gasteiger partial charge in [-0.15, -0.1) is 0 Å². The summed E-state index contributed by atoms with van der Waals surface area (Å²) in [7, 11) is 0. The van der Waals surface area contributed by atoms with Crippen LogP contribution in [0.1, 0.15) is 13.8 Å². The predicted octanol–water partition coefficient (Wildman–Crippen LogP) is -2.64. The van der Waals surface area contributed by atoms with E-state index in [0.717, 1.165) is 0 Å². The Morgan fingerprint density at radius 3 is 1.44 bits per heavy atom. The summed E-state index contributed by atoms with van der Waals surface area (Å²) in [6, 6.07) is 0. The number of aliphatic hydroxyl groups is 5. The molecule has 0 rings (SSSR count). The van der Waals surface area contributed by atoms with E-state index in [1.165, 1.54) is 0 Å². The topological polar surface area (TPSA) is 170 Å². The van der Waals surface area contributed by atoms with Gasteiger partial charge in [0.05, 0.1) is 38.6 Å². The Balaban J connectivity index is -0.0000000566. The van der Waals surface area contributed by atoms with E-state index in [9.17, 15) is 0 Å². The van der Waals surface area contributed by atoms with Gasteiger partial charge in [0.1, 0.15) is 6.10 Å². The Bertz CT molecular complexity index is 123. The molecule has 0 aliphatic carbocycles. The van der Waals surface area contributed by atoms with E-state index in [4.69, 9.17) is 30.3 Å². The first-order valence-electron chi connectivity index (χ1n) is 4.78. The van der Waals surface area contributed by atoms with E-state index in [0.29, 0.717) is 6.61 Å². The smallest absolute Gasteiger partial charge is 0.870 e. The molecule has 0 spiro atoms. The van der Waals surface area contributed by atoms with Crippen molar-refractivity contribution in [1.29, 1.82) is 0 Å². The molecule has 0 bridgehead atoms. The summed E-state index contributed by atoms with van der Waals surface area (Å²) in [6.45, 7) is 2.97. The van der Waals surface area contributed by atoms with Crippen molar-refractivity contribution in [3.8, 4) is 0 Å². The Labute approximate surface area is 137 Å². The first-order chi connectivity index (χ1) is 6.97. The van der Waals surface area contributed by atoms with Crippen LogP contribution in [0.15, 0.2) is 0 Å². The average molecular weight is 300 g/mol. The summed E-state index contributed by atoms with van der Waals surface area (Å²) in [6.07, 6.45) is -1.57. The molecule has 7 N–H and O–H groups in total. The molecule has 0 heterocycles. The standard InChI is InChI=1S/C6H14O3.C3H8O3.Ca.2H2O/c1-5(8)4-9-6(2)3-7;4-1-3(6)2-5;;;/h5-8H,3-4H2,1-2H3;3-6H,1-2H2;;2*1H2/q;;+2;;/p-2. The third kappa shape index (κ3) is 30.2. The molecule has 0 aliphatic heterocycles. The molecule has 110 valence electrons. The molecule has 0 saturated heterocycles. The zero-order valence-corrected chi connectivity index (χ0v) is 13.0. The predicted molar refractivity (Wildman–Crippen MR) is 64.0 cm³/mol. The molecule has 18 heavy (non-hydrogen) atoms. The molecule has 2 atom stereocenters. The number of aliphatic hydroxyl groups excluding tert-OH is 5. The van der Waals surface area contributed by atoms with E-state index in [1.807, 2.05) is 0 Å². The van der Waals surface area contributed by atoms with Crippen LogP contribution in [0.5, 0.6) is 0 Å². The zero-order chi connectivity index (χ0) is 12.3. The van der Waals surface area contributed by atoms with Gasteiger partial charge < -0.3 is 41.2 Å². The van der Waals surface area contributed by atoms with Gasteiger partial charge in [0.2, 0.25) is 0 Å². The second kappa shape index (κ2) is 23.1. The molecule has 0 radical (unpaired) electrons. The molecule has 2 unspecified atom stereocenters. The molecule has 0 aromatic rings. The maximum Gasteiger partial charge on any atom is 2.00 e. The SMILES string of the molecule is CC(O)COC(C)CO.OCC(O)CO.[Ca+2].[OH-].[OH-]. The molecule has 0 fully saturated rings. The average Bonchev–Trinajstić information content (AvgIpc) is 2.25. The van der Waals surface area contributed by atoms with Crippen molar-refractivity contribution >= 4 is 37.7 Å². The molecule has 0 saturated carbocycles. The molecular formula is C9H24CaO8. The monoisotopic (exact) mass is 300 g/mol. The molecular weight excluding hydrogens is 276 g/mol. The van der Waals surface area contributed by atoms with Crippen LogP contribution in [-0.4, -0.2) is 119 Å². The number of rotatable bonds is 6. The van der Waals surface area contributed by atoms with Crippen molar-refractivity contribution in [2.24, 2.45) is 0 Å². The van der Waals surface area contributed by atoms with E-state index in [2.05, 4.69) is 0 Å². The number of hydrogen-bond acceptors (Lipinski definition) is 8. The van der Waals surface area contributed by atoms with Crippen LogP contribution < -0.4 is 0 Å². The summed E-state index contributed by atoms with van der Waals surface area (Å²) in [4.78, 5) is 0. The Morgan fingerprint density at radius 2 is 1.28 bits per heavy atom. The van der Waals surface area contributed by atoms with Gasteiger partial charge in [0.25, 0.3) is 0 Å². The quantitative estimate of drug-likeness (QED) is 0.331. The van der Waals surface area contributed by atoms with Crippen LogP contribution in [0.2, 0.25) is 0 Å². The first kappa shape index (κ1) is 31.4. The van der Waals surface area contributed by atoms with E-state index in [1.54, 1.807) is 13.8 Å². The zero-order valence-electron chi connectivity index (χ0n) is 10.8. The maximum atomic E-state index is 8.69. The Kier molecular flexibility index (Phi) is 40.2. The molecule has 0 aliphatic rings. The summed E-state index contributed by atoms with van der Waals surface area (Å²) in [5, 5.41) is 41.1. The van der Waals surface area contributed by atoms with E-state index in [-0.39, 0.29) is 74.6 Å². The third-order valence-corrected chi connectivity index (χ3v) is 1.30. The first-order valence-corrected chi connectivity index (χ1v) is 4.78. The molecule has 0 amide bonds. The summed E-state index contributed by atoms with van der Waals surface area (Å²) >= 11 is 0. The van der Waals surface area contributed by atoms with Gasteiger partial charge in [0.15, 0.2) is 0 Å². The minimum atomic E-state index is -0.954. The normalized spacial score (nSPS) is 12.0. The van der Waals surface area contributed by atoms with E-state index < -0.39 is 12.2 Å². The second-order valence-corrected chi connectivity index (χ2v) is 3.19. The van der Waals surface area contributed by atoms with Gasteiger partial charge in [-0.1, -0.05) is 0 Å². The second-order valence-electron chi connectivity index (χ2n) is 3.19. The maximum absolute atomic E-state index is 8.69. The van der Waals surface area contributed by atoms with Crippen molar-refractivity contribution in [3.63, 3.8) is 0 Å². The van der Waals surface area contributed by atoms with Gasteiger partial charge in [0, 0.05) is 0 Å². The van der Waals surface area contributed by atoms with Gasteiger partial charge in [-0.25, -0.2) is 0 Å². The van der Waals surface area contributed by atoms with Crippen molar-refractivity contribution in [1.82, 2.24) is 0 Å². The molecule has 0 aromatic heterocycles. The van der Waals surface area contributed by atoms with Gasteiger partial charge in [-0.2, -0.15) is 0 Å². The van der Waals surface area contributed by atoms with Gasteiger partial charge >= 0.3 is 37.7 Å². The third-order valence-electron chi connectivity index (χ3n) is 1.30. The Hall–Kier alpha value is 0.940. The minimum absolute atomic E-state index is 0. The van der Waals surface area contributed by atoms with Crippen molar-refractivity contribution in [2.75, 3.05) is 26.4 Å². The van der Waals surface area contributed by atoms with E-state index >= 15 is 0 Å². The summed E-state index contributed by atoms with van der Waals surface area (Å²) in [5.74, 6) is 0. The van der Waals surface area contributed by atoms with Crippen molar-refractivity contribution < 1.29 is 41.2 Å². The van der Waals surface area contributed by atoms with Crippen molar-refractivity contribution in [3.05, 3.63) is 0 Å². The van der Waals surface area contributed by atoms with Crippen LogP contribution in [0.4, 0.5) is 0 Å². The molecule has 9 heteroatoms. The number of ether oxygens (including phenoxy) is 1. The molecule has 8 nitrogen and oxygen atoms in total. The van der Waals surface area contributed by atoms with Crippen LogP contribution in [-0.2, 0) is 4.74 Å². The summed E-state index contributed by atoms with van der Waals surface area (Å²) < 4.78 is 4.95. The largest absolute Gasteiger partial charge is 2.00 e. The van der Waals surface area contributed by atoms with Crippen LogP contribution in [0.3, 0.4) is 0 Å². The fraction of sp³-hybridized carbons (Fsp3) is 1.00. The van der Waals surface area contributed by atoms with Gasteiger partial charge in [-0.3, -0.25) is 0 Å². The minimum Gasteiger partial charge on any atom is -0.870 e. The fourth-order valence-corrected chi connectivity index (χ4v) is 0.414. The fourth-order valence-electron chi connectivity index (χ4n) is 0.414.